The zero-order valence-electron chi connectivity index (χ0n) is 9.43. The number of rotatable bonds is 3. The van der Waals surface area contributed by atoms with Crippen LogP contribution in [0.5, 0.6) is 0 Å². The predicted molar refractivity (Wildman–Crippen MR) is 84.6 cm³/mol. The van der Waals surface area contributed by atoms with Crippen LogP contribution in [0.15, 0.2) is 58.4 Å². The smallest absolute Gasteiger partial charge is 0.0765 e. The lowest BCUT2D eigenvalue weighted by molar-refractivity contribution is 1.38. The van der Waals surface area contributed by atoms with Gasteiger partial charge in [-0.3, -0.25) is 4.99 Å². The van der Waals surface area contributed by atoms with Crippen LogP contribution in [-0.4, -0.2) is 12.5 Å². The Kier molecular flexibility index (Phi) is 4.62. The number of hydrogen-bond donors (Lipinski definition) is 0. The third kappa shape index (κ3) is 3.33. The van der Waals surface area contributed by atoms with Crippen molar-refractivity contribution in [2.75, 3.05) is 6.26 Å². The van der Waals surface area contributed by atoms with Gasteiger partial charge in [0.05, 0.1) is 5.69 Å². The van der Waals surface area contributed by atoms with Gasteiger partial charge in [0.25, 0.3) is 0 Å². The van der Waals surface area contributed by atoms with Crippen LogP contribution in [0.3, 0.4) is 0 Å². The standard InChI is InChI=1S/C14H12INS/c1-17-14-9-5-4-8-13(14)16-10-11-6-2-3-7-12(11)15/h2-10H,1H3. The summed E-state index contributed by atoms with van der Waals surface area (Å²) in [5.74, 6) is 0. The summed E-state index contributed by atoms with van der Waals surface area (Å²) in [6.45, 7) is 0. The van der Waals surface area contributed by atoms with Gasteiger partial charge in [0, 0.05) is 20.2 Å². The predicted octanol–water partition coefficient (Wildman–Crippen LogP) is 4.76. The monoisotopic (exact) mass is 353 g/mol. The number of thioether (sulfide) groups is 1. The minimum absolute atomic E-state index is 1.03. The minimum Gasteiger partial charge on any atom is -0.255 e. The first-order chi connectivity index (χ1) is 8.31. The first-order valence-corrected chi connectivity index (χ1v) is 7.53. The molecule has 0 spiro atoms. The molecule has 0 saturated carbocycles. The normalized spacial score (nSPS) is 10.9. The van der Waals surface area contributed by atoms with Crippen molar-refractivity contribution in [3.8, 4) is 0 Å². The lowest BCUT2D eigenvalue weighted by atomic mass is 10.2. The molecule has 0 aliphatic rings. The topological polar surface area (TPSA) is 12.4 Å². The molecule has 0 aliphatic carbocycles. The molecule has 0 atom stereocenters. The van der Waals surface area contributed by atoms with Crippen molar-refractivity contribution in [2.24, 2.45) is 4.99 Å². The van der Waals surface area contributed by atoms with E-state index in [1.807, 2.05) is 36.5 Å². The Labute approximate surface area is 119 Å². The zero-order valence-corrected chi connectivity index (χ0v) is 12.4. The Hall–Kier alpha value is -0.810. The van der Waals surface area contributed by atoms with Crippen LogP contribution < -0.4 is 0 Å². The van der Waals surface area contributed by atoms with Crippen LogP contribution in [0, 0.1) is 3.57 Å². The van der Waals surface area contributed by atoms with Crippen LogP contribution in [0.4, 0.5) is 5.69 Å². The first kappa shape index (κ1) is 12.6. The van der Waals surface area contributed by atoms with E-state index in [0.717, 1.165) is 11.3 Å². The molecule has 0 aromatic heterocycles. The number of para-hydroxylation sites is 1. The van der Waals surface area contributed by atoms with Crippen LogP contribution in [-0.2, 0) is 0 Å². The van der Waals surface area contributed by atoms with Crippen LogP contribution in [0.25, 0.3) is 0 Å². The van der Waals surface area contributed by atoms with Crippen LogP contribution in [0.2, 0.25) is 0 Å². The Bertz CT molecular complexity index is 537. The highest BCUT2D eigenvalue weighted by molar-refractivity contribution is 14.1. The second-order valence-corrected chi connectivity index (χ2v) is 5.46. The number of benzene rings is 2. The average Bonchev–Trinajstić information content (AvgIpc) is 2.38. The summed E-state index contributed by atoms with van der Waals surface area (Å²) in [6.07, 6.45) is 4.00. The van der Waals surface area contributed by atoms with Gasteiger partial charge in [-0.15, -0.1) is 11.8 Å². The number of aliphatic imine (C=N–C) groups is 1. The molecule has 0 heterocycles. The first-order valence-electron chi connectivity index (χ1n) is 5.23. The maximum atomic E-state index is 4.56. The molecule has 86 valence electrons. The van der Waals surface area contributed by atoms with Gasteiger partial charge in [-0.1, -0.05) is 30.3 Å². The molecule has 2 aromatic rings. The van der Waals surface area contributed by atoms with E-state index in [9.17, 15) is 0 Å². The number of hydrogen-bond acceptors (Lipinski definition) is 2. The molecule has 0 fully saturated rings. The molecule has 0 radical (unpaired) electrons. The maximum Gasteiger partial charge on any atom is 0.0765 e. The van der Waals surface area contributed by atoms with Gasteiger partial charge in [-0.2, -0.15) is 0 Å². The molecular weight excluding hydrogens is 341 g/mol. The van der Waals surface area contributed by atoms with Crippen LogP contribution >= 0.6 is 34.4 Å². The fourth-order valence-corrected chi connectivity index (χ4v) is 2.53. The van der Waals surface area contributed by atoms with Gasteiger partial charge < -0.3 is 0 Å². The molecule has 1 nitrogen and oxygen atoms in total. The van der Waals surface area contributed by atoms with Crippen LogP contribution in [0.1, 0.15) is 5.56 Å². The zero-order chi connectivity index (χ0) is 12.1. The van der Waals surface area contributed by atoms with Gasteiger partial charge in [-0.25, -0.2) is 0 Å². The Morgan fingerprint density at radius 2 is 1.76 bits per heavy atom. The summed E-state index contributed by atoms with van der Waals surface area (Å²) in [7, 11) is 0. The Morgan fingerprint density at radius 3 is 2.53 bits per heavy atom. The molecule has 3 heteroatoms. The second kappa shape index (κ2) is 6.21. The molecular formula is C14H12INS. The van der Waals surface area contributed by atoms with Gasteiger partial charge in [0.2, 0.25) is 0 Å². The largest absolute Gasteiger partial charge is 0.255 e. The molecule has 0 aliphatic heterocycles. The molecule has 2 rings (SSSR count). The second-order valence-electron chi connectivity index (χ2n) is 3.45. The molecule has 0 N–H and O–H groups in total. The van der Waals surface area contributed by atoms with Crippen molar-refractivity contribution < 1.29 is 0 Å². The third-order valence-electron chi connectivity index (χ3n) is 2.33. The van der Waals surface area contributed by atoms with E-state index in [-0.39, 0.29) is 0 Å². The lowest BCUT2D eigenvalue weighted by Gasteiger charge is -2.01. The van der Waals surface area contributed by atoms with E-state index in [0.29, 0.717) is 0 Å². The number of halogens is 1. The molecule has 2 aromatic carbocycles. The molecule has 0 unspecified atom stereocenters. The van der Waals surface area contributed by atoms with Crippen molar-refractivity contribution in [3.63, 3.8) is 0 Å². The van der Waals surface area contributed by atoms with Gasteiger partial charge in [-0.05, 0) is 47.0 Å². The summed E-state index contributed by atoms with van der Waals surface area (Å²) in [6, 6.07) is 16.4. The van der Waals surface area contributed by atoms with E-state index in [1.165, 1.54) is 8.47 Å². The maximum absolute atomic E-state index is 4.56. The molecule has 0 amide bonds. The summed E-state index contributed by atoms with van der Waals surface area (Å²) < 4.78 is 1.22. The summed E-state index contributed by atoms with van der Waals surface area (Å²) >= 11 is 4.04. The van der Waals surface area contributed by atoms with Crippen molar-refractivity contribution in [3.05, 3.63) is 57.7 Å². The SMILES string of the molecule is CSc1ccccc1N=Cc1ccccc1I. The van der Waals surface area contributed by atoms with E-state index >= 15 is 0 Å². The Morgan fingerprint density at radius 1 is 1.06 bits per heavy atom. The Balaban J connectivity index is 2.29. The highest BCUT2D eigenvalue weighted by Crippen LogP contribution is 2.27. The van der Waals surface area contributed by atoms with E-state index in [4.69, 9.17) is 0 Å². The van der Waals surface area contributed by atoms with Crippen molar-refractivity contribution >= 4 is 46.3 Å². The van der Waals surface area contributed by atoms with Gasteiger partial charge in [0.15, 0.2) is 0 Å². The number of nitrogens with zero attached hydrogens (tertiary/aromatic N) is 1. The average molecular weight is 353 g/mol. The van der Waals surface area contributed by atoms with Crippen molar-refractivity contribution in [1.29, 1.82) is 0 Å². The quantitative estimate of drug-likeness (QED) is 0.440. The van der Waals surface area contributed by atoms with E-state index < -0.39 is 0 Å². The highest BCUT2D eigenvalue weighted by atomic mass is 127. The summed E-state index contributed by atoms with van der Waals surface area (Å²) in [5, 5.41) is 0. The fraction of sp³-hybridized carbons (Fsp3) is 0.0714. The lowest BCUT2D eigenvalue weighted by Crippen LogP contribution is -1.85. The van der Waals surface area contributed by atoms with E-state index in [2.05, 4.69) is 52.0 Å². The van der Waals surface area contributed by atoms with E-state index in [1.54, 1.807) is 11.8 Å². The third-order valence-corrected chi connectivity index (χ3v) is 4.10. The molecule has 0 saturated heterocycles. The molecule has 0 bridgehead atoms. The van der Waals surface area contributed by atoms with Crippen molar-refractivity contribution in [2.45, 2.75) is 4.90 Å². The molecule has 17 heavy (non-hydrogen) atoms. The van der Waals surface area contributed by atoms with Crippen molar-refractivity contribution in [1.82, 2.24) is 0 Å². The minimum atomic E-state index is 1.03. The fourth-order valence-electron chi connectivity index (χ4n) is 1.46. The van der Waals surface area contributed by atoms with Gasteiger partial charge in [0.1, 0.15) is 0 Å². The highest BCUT2D eigenvalue weighted by Gasteiger charge is 1.98. The summed E-state index contributed by atoms with van der Waals surface area (Å²) in [4.78, 5) is 5.76. The summed E-state index contributed by atoms with van der Waals surface area (Å²) in [5.41, 5.74) is 2.18. The van der Waals surface area contributed by atoms with Gasteiger partial charge >= 0.3 is 0 Å².